The monoisotopic (exact) mass is 396 g/mol. The minimum absolute atomic E-state index is 0.0319. The van der Waals surface area contributed by atoms with Gasteiger partial charge in [0, 0.05) is 11.6 Å². The largest absolute Gasteiger partial charge is 0.433 e. The molecule has 5 nitrogen and oxygen atoms in total. The van der Waals surface area contributed by atoms with Crippen molar-refractivity contribution in [3.05, 3.63) is 66.0 Å². The lowest BCUT2D eigenvalue weighted by atomic mass is 10.0. The van der Waals surface area contributed by atoms with Gasteiger partial charge in [0.05, 0.1) is 11.9 Å². The Morgan fingerprint density at radius 1 is 1.10 bits per heavy atom. The average Bonchev–Trinajstić information content (AvgIpc) is 3.41. The summed E-state index contributed by atoms with van der Waals surface area (Å²) in [5, 5.41) is 8.26. The van der Waals surface area contributed by atoms with Gasteiger partial charge in [0.25, 0.3) is 5.91 Å². The molecular formula is C21H15F3N4O. The second-order valence-corrected chi connectivity index (χ2v) is 7.09. The minimum Gasteiger partial charge on any atom is -0.349 e. The number of carbonyl (C=O) groups is 1. The van der Waals surface area contributed by atoms with Crippen molar-refractivity contribution in [1.82, 2.24) is 19.9 Å². The van der Waals surface area contributed by atoms with E-state index in [9.17, 15) is 18.0 Å². The molecule has 0 aliphatic heterocycles. The summed E-state index contributed by atoms with van der Waals surface area (Å²) in [6, 6.07) is 13.8. The maximum Gasteiger partial charge on any atom is 0.433 e. The molecule has 4 aromatic rings. The highest BCUT2D eigenvalue weighted by Crippen LogP contribution is 2.35. The van der Waals surface area contributed by atoms with Crippen LogP contribution < -0.4 is 5.32 Å². The van der Waals surface area contributed by atoms with Crippen LogP contribution in [0.4, 0.5) is 13.2 Å². The third-order valence-electron chi connectivity index (χ3n) is 4.99. The smallest absolute Gasteiger partial charge is 0.349 e. The third-order valence-corrected chi connectivity index (χ3v) is 4.99. The Labute approximate surface area is 163 Å². The number of hydrogen-bond acceptors (Lipinski definition) is 3. The van der Waals surface area contributed by atoms with Crippen molar-refractivity contribution in [2.75, 3.05) is 0 Å². The Balaban J connectivity index is 1.76. The highest BCUT2D eigenvalue weighted by molar-refractivity contribution is 6.01. The first-order valence-electron chi connectivity index (χ1n) is 9.17. The summed E-state index contributed by atoms with van der Waals surface area (Å²) in [7, 11) is 0. The number of carbonyl (C=O) groups excluding carboxylic acids is 1. The molecule has 5 rings (SSSR count). The lowest BCUT2D eigenvalue weighted by Gasteiger charge is -2.13. The predicted molar refractivity (Wildman–Crippen MR) is 101 cm³/mol. The molecule has 2 aromatic heterocycles. The maximum atomic E-state index is 13.8. The Morgan fingerprint density at radius 3 is 2.62 bits per heavy atom. The van der Waals surface area contributed by atoms with Crippen molar-refractivity contribution in [3.8, 4) is 11.3 Å². The molecule has 0 unspecified atom stereocenters. The zero-order valence-electron chi connectivity index (χ0n) is 15.1. The van der Waals surface area contributed by atoms with E-state index in [1.807, 2.05) is 30.3 Å². The summed E-state index contributed by atoms with van der Waals surface area (Å²) in [4.78, 5) is 16.9. The van der Waals surface area contributed by atoms with Crippen LogP contribution in [-0.2, 0) is 6.18 Å². The molecule has 1 amide bonds. The van der Waals surface area contributed by atoms with Crippen LogP contribution in [0.25, 0.3) is 27.7 Å². The summed E-state index contributed by atoms with van der Waals surface area (Å²) in [6.07, 6.45) is -1.78. The standard InChI is InChI=1S/C21H15F3N4O/c22-21(23,24)18-10-17(15-7-3-5-12-4-1-2-6-14(12)15)27-19-16(11-25-28(18)19)20(29)26-13-8-9-13/h1-7,10-11,13H,8-9H2,(H,26,29). The number of fused-ring (bicyclic) bond motifs is 2. The van der Waals surface area contributed by atoms with Gasteiger partial charge in [-0.2, -0.15) is 18.3 Å². The number of aromatic nitrogens is 3. The van der Waals surface area contributed by atoms with Crippen LogP contribution in [0.2, 0.25) is 0 Å². The van der Waals surface area contributed by atoms with Crippen LogP contribution in [0, 0.1) is 0 Å². The van der Waals surface area contributed by atoms with E-state index in [1.165, 1.54) is 0 Å². The summed E-state index contributed by atoms with van der Waals surface area (Å²) in [5.74, 6) is -0.460. The lowest BCUT2D eigenvalue weighted by molar-refractivity contribution is -0.142. The molecule has 1 aliphatic rings. The highest BCUT2D eigenvalue weighted by Gasteiger charge is 2.36. The van der Waals surface area contributed by atoms with Crippen LogP contribution in [-0.4, -0.2) is 26.5 Å². The Morgan fingerprint density at radius 2 is 1.86 bits per heavy atom. The average molecular weight is 396 g/mol. The summed E-state index contributed by atoms with van der Waals surface area (Å²) >= 11 is 0. The van der Waals surface area contributed by atoms with E-state index in [-0.39, 0.29) is 22.9 Å². The quantitative estimate of drug-likeness (QED) is 0.556. The molecule has 0 radical (unpaired) electrons. The van der Waals surface area contributed by atoms with Gasteiger partial charge < -0.3 is 5.32 Å². The van der Waals surface area contributed by atoms with Gasteiger partial charge in [-0.25, -0.2) is 9.50 Å². The fraction of sp³-hybridized carbons (Fsp3) is 0.190. The summed E-state index contributed by atoms with van der Waals surface area (Å²) in [6.45, 7) is 0. The molecular weight excluding hydrogens is 381 g/mol. The molecule has 0 atom stereocenters. The third kappa shape index (κ3) is 3.10. The van der Waals surface area contributed by atoms with Gasteiger partial charge in [-0.3, -0.25) is 4.79 Å². The Bertz CT molecular complexity index is 1250. The molecule has 2 heterocycles. The molecule has 8 heteroatoms. The molecule has 1 saturated carbocycles. The summed E-state index contributed by atoms with van der Waals surface area (Å²) in [5.41, 5.74) is -0.352. The molecule has 1 N–H and O–H groups in total. The van der Waals surface area contributed by atoms with E-state index in [0.717, 1.165) is 35.9 Å². The van der Waals surface area contributed by atoms with Crippen LogP contribution in [0.5, 0.6) is 0 Å². The van der Waals surface area contributed by atoms with Crippen molar-refractivity contribution in [1.29, 1.82) is 0 Å². The second-order valence-electron chi connectivity index (χ2n) is 7.09. The van der Waals surface area contributed by atoms with E-state index < -0.39 is 17.8 Å². The van der Waals surface area contributed by atoms with E-state index >= 15 is 0 Å². The van der Waals surface area contributed by atoms with Crippen molar-refractivity contribution in [2.45, 2.75) is 25.1 Å². The van der Waals surface area contributed by atoms with Gasteiger partial charge in [0.15, 0.2) is 11.3 Å². The van der Waals surface area contributed by atoms with Gasteiger partial charge in [-0.15, -0.1) is 0 Å². The van der Waals surface area contributed by atoms with E-state index in [1.54, 1.807) is 12.1 Å². The fourth-order valence-electron chi connectivity index (χ4n) is 3.40. The number of amides is 1. The van der Waals surface area contributed by atoms with Crippen LogP contribution >= 0.6 is 0 Å². The molecule has 0 bridgehead atoms. The van der Waals surface area contributed by atoms with Crippen LogP contribution in [0.15, 0.2) is 54.7 Å². The van der Waals surface area contributed by atoms with Crippen molar-refractivity contribution >= 4 is 22.3 Å². The lowest BCUT2D eigenvalue weighted by Crippen LogP contribution is -2.25. The minimum atomic E-state index is -4.66. The number of nitrogens with one attached hydrogen (secondary N) is 1. The van der Waals surface area contributed by atoms with Gasteiger partial charge in [-0.05, 0) is 29.7 Å². The molecule has 146 valence electrons. The van der Waals surface area contributed by atoms with Gasteiger partial charge in [0.1, 0.15) is 5.56 Å². The number of benzene rings is 2. The van der Waals surface area contributed by atoms with Crippen molar-refractivity contribution in [3.63, 3.8) is 0 Å². The molecule has 29 heavy (non-hydrogen) atoms. The first-order chi connectivity index (χ1) is 13.9. The number of nitrogens with zero attached hydrogens (tertiary/aromatic N) is 3. The van der Waals surface area contributed by atoms with Gasteiger partial charge in [-0.1, -0.05) is 42.5 Å². The Kier molecular flexibility index (Phi) is 3.84. The zero-order valence-corrected chi connectivity index (χ0v) is 15.1. The van der Waals surface area contributed by atoms with Crippen molar-refractivity contribution in [2.24, 2.45) is 0 Å². The maximum absolute atomic E-state index is 13.8. The number of alkyl halides is 3. The van der Waals surface area contributed by atoms with E-state index in [4.69, 9.17) is 0 Å². The first-order valence-corrected chi connectivity index (χ1v) is 9.17. The summed E-state index contributed by atoms with van der Waals surface area (Å²) < 4.78 is 42.0. The second kappa shape index (κ2) is 6.30. The number of rotatable bonds is 3. The highest BCUT2D eigenvalue weighted by atomic mass is 19.4. The van der Waals surface area contributed by atoms with Gasteiger partial charge in [0.2, 0.25) is 0 Å². The van der Waals surface area contributed by atoms with E-state index in [2.05, 4.69) is 15.4 Å². The fourth-order valence-corrected chi connectivity index (χ4v) is 3.40. The molecule has 1 aliphatic carbocycles. The molecule has 2 aromatic carbocycles. The zero-order chi connectivity index (χ0) is 20.2. The normalized spacial score (nSPS) is 14.4. The van der Waals surface area contributed by atoms with E-state index in [0.29, 0.717) is 10.1 Å². The predicted octanol–water partition coefficient (Wildman–Crippen LogP) is 4.46. The number of halogens is 3. The van der Waals surface area contributed by atoms with Crippen LogP contribution in [0.1, 0.15) is 28.9 Å². The Hall–Kier alpha value is -3.42. The van der Waals surface area contributed by atoms with Crippen LogP contribution in [0.3, 0.4) is 0 Å². The molecule has 0 saturated heterocycles. The SMILES string of the molecule is O=C(NC1CC1)c1cnn2c(C(F)(F)F)cc(-c3cccc4ccccc34)nc12. The molecule has 0 spiro atoms. The number of hydrogen-bond donors (Lipinski definition) is 1. The van der Waals surface area contributed by atoms with Gasteiger partial charge >= 0.3 is 6.18 Å². The first kappa shape index (κ1) is 17.7. The topological polar surface area (TPSA) is 59.3 Å². The van der Waals surface area contributed by atoms with Crippen molar-refractivity contribution < 1.29 is 18.0 Å². The molecule has 1 fully saturated rings.